The van der Waals surface area contributed by atoms with E-state index in [0.717, 1.165) is 19.4 Å². The van der Waals surface area contributed by atoms with Gasteiger partial charge in [-0.05, 0) is 33.2 Å². The van der Waals surface area contributed by atoms with Crippen LogP contribution in [0.2, 0.25) is 0 Å². The van der Waals surface area contributed by atoms with Crippen LogP contribution in [-0.2, 0) is 9.59 Å². The normalized spacial score (nSPS) is 22.1. The van der Waals surface area contributed by atoms with E-state index in [4.69, 9.17) is 5.11 Å². The number of aliphatic carboxylic acids is 1. The molecule has 1 heterocycles. The molecule has 3 N–H and O–H groups in total. The predicted octanol–water partition coefficient (Wildman–Crippen LogP) is -0.0346. The van der Waals surface area contributed by atoms with Crippen LogP contribution in [0.25, 0.3) is 0 Å². The Labute approximate surface area is 89.2 Å². The van der Waals surface area contributed by atoms with Gasteiger partial charge in [0.05, 0.1) is 5.92 Å². The molecule has 0 bridgehead atoms. The predicted molar refractivity (Wildman–Crippen MR) is 55.5 cm³/mol. The highest BCUT2D eigenvalue weighted by Crippen LogP contribution is 2.12. The van der Waals surface area contributed by atoms with Crippen molar-refractivity contribution < 1.29 is 14.7 Å². The number of carbonyl (C=O) groups is 2. The largest absolute Gasteiger partial charge is 0.480 e. The molecule has 5 nitrogen and oxygen atoms in total. The molecular weight excluding hydrogens is 196 g/mol. The Morgan fingerprint density at radius 1 is 1.47 bits per heavy atom. The number of rotatable bonds is 3. The van der Waals surface area contributed by atoms with Gasteiger partial charge in [0.15, 0.2) is 0 Å². The molecule has 1 aliphatic heterocycles. The fraction of sp³-hybridized carbons (Fsp3) is 0.800. The van der Waals surface area contributed by atoms with Crippen LogP contribution in [0.1, 0.15) is 26.7 Å². The van der Waals surface area contributed by atoms with Gasteiger partial charge in [0, 0.05) is 6.54 Å². The van der Waals surface area contributed by atoms with Crippen molar-refractivity contribution in [2.24, 2.45) is 5.92 Å². The fourth-order valence-corrected chi connectivity index (χ4v) is 1.54. The highest BCUT2D eigenvalue weighted by molar-refractivity contribution is 5.87. The molecule has 1 unspecified atom stereocenters. The fourth-order valence-electron chi connectivity index (χ4n) is 1.54. The van der Waals surface area contributed by atoms with Crippen molar-refractivity contribution >= 4 is 11.9 Å². The third kappa shape index (κ3) is 3.20. The van der Waals surface area contributed by atoms with Gasteiger partial charge in [0.25, 0.3) is 0 Å². The number of carboxylic acids is 1. The Morgan fingerprint density at radius 3 is 2.60 bits per heavy atom. The number of piperidine rings is 1. The first-order valence-corrected chi connectivity index (χ1v) is 5.19. The average Bonchev–Trinajstić information content (AvgIpc) is 2.18. The molecule has 0 aliphatic carbocycles. The molecule has 1 aliphatic rings. The lowest BCUT2D eigenvalue weighted by molar-refractivity contribution is -0.146. The molecule has 0 aromatic carbocycles. The van der Waals surface area contributed by atoms with Crippen LogP contribution >= 0.6 is 0 Å². The number of hydrogen-bond donors (Lipinski definition) is 3. The van der Waals surface area contributed by atoms with Gasteiger partial charge in [-0.25, -0.2) is 4.79 Å². The number of amides is 1. The zero-order valence-electron chi connectivity index (χ0n) is 9.17. The summed E-state index contributed by atoms with van der Waals surface area (Å²) in [6.45, 7) is 4.56. The summed E-state index contributed by atoms with van der Waals surface area (Å²) in [5.41, 5.74) is -1.19. The molecular formula is C10H18N2O3. The molecule has 0 radical (unpaired) electrons. The van der Waals surface area contributed by atoms with Crippen molar-refractivity contribution in [3.05, 3.63) is 0 Å². The zero-order chi connectivity index (χ0) is 11.5. The van der Waals surface area contributed by atoms with Crippen molar-refractivity contribution in [2.75, 3.05) is 13.1 Å². The first kappa shape index (κ1) is 12.0. The summed E-state index contributed by atoms with van der Waals surface area (Å²) in [5.74, 6) is -1.29. The molecule has 0 aromatic rings. The molecule has 1 atom stereocenters. The van der Waals surface area contributed by atoms with Gasteiger partial charge in [-0.1, -0.05) is 0 Å². The maximum Gasteiger partial charge on any atom is 0.328 e. The van der Waals surface area contributed by atoms with E-state index in [-0.39, 0.29) is 11.8 Å². The van der Waals surface area contributed by atoms with Crippen molar-refractivity contribution in [3.8, 4) is 0 Å². The van der Waals surface area contributed by atoms with Crippen molar-refractivity contribution in [2.45, 2.75) is 32.2 Å². The Kier molecular flexibility index (Phi) is 3.68. The molecule has 5 heteroatoms. The van der Waals surface area contributed by atoms with Crippen LogP contribution in [0.4, 0.5) is 0 Å². The van der Waals surface area contributed by atoms with E-state index in [1.165, 1.54) is 13.8 Å². The Morgan fingerprint density at radius 2 is 2.13 bits per heavy atom. The summed E-state index contributed by atoms with van der Waals surface area (Å²) in [6, 6.07) is 0. The lowest BCUT2D eigenvalue weighted by Gasteiger charge is -2.27. The quantitative estimate of drug-likeness (QED) is 0.616. The Balaban J connectivity index is 2.50. The first-order chi connectivity index (χ1) is 6.93. The van der Waals surface area contributed by atoms with Gasteiger partial charge in [0.1, 0.15) is 5.54 Å². The average molecular weight is 214 g/mol. The molecule has 0 spiro atoms. The lowest BCUT2D eigenvalue weighted by atomic mass is 9.96. The van der Waals surface area contributed by atoms with Crippen LogP contribution in [0.3, 0.4) is 0 Å². The summed E-state index contributed by atoms with van der Waals surface area (Å²) >= 11 is 0. The van der Waals surface area contributed by atoms with Crippen LogP contribution in [0, 0.1) is 5.92 Å². The Bertz CT molecular complexity index is 257. The lowest BCUT2D eigenvalue weighted by Crippen LogP contribution is -2.53. The molecule has 0 aromatic heterocycles. The monoisotopic (exact) mass is 214 g/mol. The molecule has 1 saturated heterocycles. The highest BCUT2D eigenvalue weighted by atomic mass is 16.4. The molecule has 15 heavy (non-hydrogen) atoms. The maximum atomic E-state index is 11.7. The first-order valence-electron chi connectivity index (χ1n) is 5.19. The van der Waals surface area contributed by atoms with Crippen LogP contribution in [0.15, 0.2) is 0 Å². The zero-order valence-corrected chi connectivity index (χ0v) is 9.17. The van der Waals surface area contributed by atoms with E-state index in [2.05, 4.69) is 10.6 Å². The van der Waals surface area contributed by atoms with Crippen LogP contribution < -0.4 is 10.6 Å². The highest BCUT2D eigenvalue weighted by Gasteiger charge is 2.32. The van der Waals surface area contributed by atoms with Gasteiger partial charge in [0.2, 0.25) is 5.91 Å². The smallest absolute Gasteiger partial charge is 0.328 e. The minimum atomic E-state index is -1.19. The van der Waals surface area contributed by atoms with Gasteiger partial charge < -0.3 is 15.7 Å². The third-order valence-electron chi connectivity index (χ3n) is 2.64. The summed E-state index contributed by atoms with van der Waals surface area (Å²) in [7, 11) is 0. The van der Waals surface area contributed by atoms with Gasteiger partial charge >= 0.3 is 5.97 Å². The SMILES string of the molecule is CC(C)(NC(=O)C1CCCNC1)C(=O)O. The molecule has 1 amide bonds. The van der Waals surface area contributed by atoms with E-state index in [0.29, 0.717) is 6.54 Å². The van der Waals surface area contributed by atoms with Crippen LogP contribution in [0.5, 0.6) is 0 Å². The van der Waals surface area contributed by atoms with E-state index >= 15 is 0 Å². The summed E-state index contributed by atoms with van der Waals surface area (Å²) in [4.78, 5) is 22.5. The van der Waals surface area contributed by atoms with Gasteiger partial charge in [-0.2, -0.15) is 0 Å². The molecule has 1 fully saturated rings. The second-order valence-corrected chi connectivity index (χ2v) is 4.46. The number of hydrogen-bond acceptors (Lipinski definition) is 3. The summed E-state index contributed by atoms with van der Waals surface area (Å²) < 4.78 is 0. The Hall–Kier alpha value is -1.10. The van der Waals surface area contributed by atoms with E-state index in [1.54, 1.807) is 0 Å². The standard InChI is InChI=1S/C10H18N2O3/c1-10(2,9(14)15)12-8(13)7-4-3-5-11-6-7/h7,11H,3-6H2,1-2H3,(H,12,13)(H,14,15). The van der Waals surface area contributed by atoms with E-state index in [9.17, 15) is 9.59 Å². The summed E-state index contributed by atoms with van der Waals surface area (Å²) in [5, 5.41) is 14.5. The second-order valence-electron chi connectivity index (χ2n) is 4.46. The van der Waals surface area contributed by atoms with Crippen molar-refractivity contribution in [3.63, 3.8) is 0 Å². The maximum absolute atomic E-state index is 11.7. The van der Waals surface area contributed by atoms with Gasteiger partial charge in [-0.15, -0.1) is 0 Å². The van der Waals surface area contributed by atoms with Crippen molar-refractivity contribution in [1.29, 1.82) is 0 Å². The second kappa shape index (κ2) is 4.61. The minimum absolute atomic E-state index is 0.0997. The molecule has 0 saturated carbocycles. The minimum Gasteiger partial charge on any atom is -0.480 e. The third-order valence-corrected chi connectivity index (χ3v) is 2.64. The van der Waals surface area contributed by atoms with Gasteiger partial charge in [-0.3, -0.25) is 4.79 Å². The number of carbonyl (C=O) groups excluding carboxylic acids is 1. The molecule has 1 rings (SSSR count). The topological polar surface area (TPSA) is 78.4 Å². The van der Waals surface area contributed by atoms with Crippen molar-refractivity contribution in [1.82, 2.24) is 10.6 Å². The molecule has 86 valence electrons. The van der Waals surface area contributed by atoms with Crippen LogP contribution in [-0.4, -0.2) is 35.6 Å². The number of nitrogens with one attached hydrogen (secondary N) is 2. The van der Waals surface area contributed by atoms with E-state index < -0.39 is 11.5 Å². The van der Waals surface area contributed by atoms with E-state index in [1.807, 2.05) is 0 Å². The summed E-state index contributed by atoms with van der Waals surface area (Å²) in [6.07, 6.45) is 1.79. The number of carboxylic acid groups (broad SMARTS) is 1.